The Hall–Kier alpha value is -1.00. The van der Waals surface area contributed by atoms with Gasteiger partial charge in [0.15, 0.2) is 0 Å². The summed E-state index contributed by atoms with van der Waals surface area (Å²) in [6.45, 7) is 2.89. The van der Waals surface area contributed by atoms with E-state index in [0.717, 1.165) is 17.9 Å². The minimum absolute atomic E-state index is 0.0391. The van der Waals surface area contributed by atoms with Crippen molar-refractivity contribution in [3.05, 3.63) is 29.8 Å². The monoisotopic (exact) mass is 251 g/mol. The van der Waals surface area contributed by atoms with Crippen LogP contribution in [0.15, 0.2) is 29.2 Å². The first-order chi connectivity index (χ1) is 8.24. The van der Waals surface area contributed by atoms with Crippen LogP contribution < -0.4 is 5.32 Å². The molecule has 1 aliphatic heterocycles. The molecule has 2 atom stereocenters. The van der Waals surface area contributed by atoms with Crippen LogP contribution in [0, 0.1) is 5.92 Å². The van der Waals surface area contributed by atoms with Gasteiger partial charge >= 0.3 is 5.97 Å². The van der Waals surface area contributed by atoms with Crippen molar-refractivity contribution >= 4 is 17.7 Å². The lowest BCUT2D eigenvalue weighted by Gasteiger charge is -2.19. The van der Waals surface area contributed by atoms with Crippen LogP contribution in [0.3, 0.4) is 0 Å². The molecule has 92 valence electrons. The van der Waals surface area contributed by atoms with Crippen LogP contribution in [0.5, 0.6) is 0 Å². The summed E-state index contributed by atoms with van der Waals surface area (Å²) in [6, 6.07) is 8.06. The normalized spacial score (nSPS) is 23.8. The molecular formula is C13H17NO2S. The van der Waals surface area contributed by atoms with E-state index in [1.54, 1.807) is 11.8 Å². The Labute approximate surface area is 106 Å². The molecule has 0 amide bonds. The fourth-order valence-electron chi connectivity index (χ4n) is 2.32. The van der Waals surface area contributed by atoms with Crippen molar-refractivity contribution < 1.29 is 9.90 Å². The van der Waals surface area contributed by atoms with E-state index < -0.39 is 5.97 Å². The number of hydrogen-bond donors (Lipinski definition) is 2. The van der Waals surface area contributed by atoms with Gasteiger partial charge in [0.1, 0.15) is 0 Å². The highest BCUT2D eigenvalue weighted by Crippen LogP contribution is 2.35. The average Bonchev–Trinajstić information content (AvgIpc) is 2.79. The Morgan fingerprint density at radius 2 is 2.29 bits per heavy atom. The van der Waals surface area contributed by atoms with Gasteiger partial charge in [-0.2, -0.15) is 0 Å². The maximum atomic E-state index is 11.2. The molecule has 1 heterocycles. The molecule has 2 rings (SSSR count). The number of benzene rings is 1. The van der Waals surface area contributed by atoms with Gasteiger partial charge in [-0.1, -0.05) is 25.1 Å². The van der Waals surface area contributed by atoms with Crippen molar-refractivity contribution in [3.63, 3.8) is 0 Å². The van der Waals surface area contributed by atoms with Crippen LogP contribution >= 0.6 is 11.8 Å². The van der Waals surface area contributed by atoms with Crippen molar-refractivity contribution in [3.8, 4) is 0 Å². The van der Waals surface area contributed by atoms with E-state index in [0.29, 0.717) is 6.42 Å². The van der Waals surface area contributed by atoms with Crippen LogP contribution in [-0.2, 0) is 4.79 Å². The Bertz CT molecular complexity index is 408. The highest BCUT2D eigenvalue weighted by molar-refractivity contribution is 7.99. The number of hydrogen-bond acceptors (Lipinski definition) is 3. The molecule has 17 heavy (non-hydrogen) atoms. The third-order valence-electron chi connectivity index (χ3n) is 3.09. The standard InChI is InChI=1S/C13H17NO2S/c1-2-17-11-6-4-3-5-9(11)12-10(13(15)16)7-8-14-12/h3-6,10,12,14H,2,7-8H2,1H3,(H,15,16). The second-order valence-electron chi connectivity index (χ2n) is 4.14. The molecule has 0 spiro atoms. The van der Waals surface area contributed by atoms with Gasteiger partial charge in [0, 0.05) is 10.9 Å². The molecule has 2 N–H and O–H groups in total. The topological polar surface area (TPSA) is 49.3 Å². The predicted molar refractivity (Wildman–Crippen MR) is 69.3 cm³/mol. The maximum Gasteiger partial charge on any atom is 0.308 e. The first kappa shape index (κ1) is 12.5. The first-order valence-electron chi connectivity index (χ1n) is 5.92. The molecule has 1 aliphatic rings. The van der Waals surface area contributed by atoms with Gasteiger partial charge in [-0.25, -0.2) is 0 Å². The number of carboxylic acid groups (broad SMARTS) is 1. The predicted octanol–water partition coefficient (Wildman–Crippen LogP) is 2.53. The van der Waals surface area contributed by atoms with E-state index in [9.17, 15) is 9.90 Å². The summed E-state index contributed by atoms with van der Waals surface area (Å²) in [5.41, 5.74) is 1.13. The second-order valence-corrected chi connectivity index (χ2v) is 5.44. The van der Waals surface area contributed by atoms with Gasteiger partial charge in [-0.05, 0) is 30.3 Å². The van der Waals surface area contributed by atoms with E-state index in [1.807, 2.05) is 18.2 Å². The van der Waals surface area contributed by atoms with E-state index in [-0.39, 0.29) is 12.0 Å². The molecule has 0 aliphatic carbocycles. The molecule has 1 saturated heterocycles. The zero-order valence-electron chi connectivity index (χ0n) is 9.85. The summed E-state index contributed by atoms with van der Waals surface area (Å²) in [4.78, 5) is 12.4. The summed E-state index contributed by atoms with van der Waals surface area (Å²) in [7, 11) is 0. The zero-order chi connectivity index (χ0) is 12.3. The van der Waals surface area contributed by atoms with Crippen LogP contribution in [0.1, 0.15) is 24.9 Å². The molecule has 2 unspecified atom stereocenters. The highest BCUT2D eigenvalue weighted by Gasteiger charge is 2.34. The number of carbonyl (C=O) groups is 1. The Balaban J connectivity index is 2.29. The van der Waals surface area contributed by atoms with Crippen molar-refractivity contribution in [1.82, 2.24) is 5.32 Å². The SMILES string of the molecule is CCSc1ccccc1C1NCCC1C(=O)O. The quantitative estimate of drug-likeness (QED) is 0.807. The number of thioether (sulfide) groups is 1. The Morgan fingerprint density at radius 1 is 1.53 bits per heavy atom. The molecule has 0 bridgehead atoms. The van der Waals surface area contributed by atoms with Gasteiger partial charge in [-0.3, -0.25) is 4.79 Å². The van der Waals surface area contributed by atoms with Crippen LogP contribution in [0.25, 0.3) is 0 Å². The smallest absolute Gasteiger partial charge is 0.308 e. The lowest BCUT2D eigenvalue weighted by molar-refractivity contribution is -0.142. The Morgan fingerprint density at radius 3 is 3.00 bits per heavy atom. The van der Waals surface area contributed by atoms with Crippen molar-refractivity contribution in [1.29, 1.82) is 0 Å². The van der Waals surface area contributed by atoms with Gasteiger partial charge in [0.05, 0.1) is 5.92 Å². The third-order valence-corrected chi connectivity index (χ3v) is 4.06. The number of nitrogens with one attached hydrogen (secondary N) is 1. The van der Waals surface area contributed by atoms with Crippen LogP contribution in [-0.4, -0.2) is 23.4 Å². The number of carboxylic acids is 1. The lowest BCUT2D eigenvalue weighted by Crippen LogP contribution is -2.23. The fourth-order valence-corrected chi connectivity index (χ4v) is 3.17. The van der Waals surface area contributed by atoms with Crippen molar-refractivity contribution in [2.45, 2.75) is 24.3 Å². The first-order valence-corrected chi connectivity index (χ1v) is 6.90. The van der Waals surface area contributed by atoms with Gasteiger partial charge < -0.3 is 10.4 Å². The lowest BCUT2D eigenvalue weighted by atomic mass is 9.94. The molecular weight excluding hydrogens is 234 g/mol. The summed E-state index contributed by atoms with van der Waals surface area (Å²) in [5.74, 6) is 0.00600. The molecule has 4 heteroatoms. The third kappa shape index (κ3) is 2.64. The maximum absolute atomic E-state index is 11.2. The second kappa shape index (κ2) is 5.56. The van der Waals surface area contributed by atoms with Crippen molar-refractivity contribution in [2.24, 2.45) is 5.92 Å². The highest BCUT2D eigenvalue weighted by atomic mass is 32.2. The molecule has 1 fully saturated rings. The van der Waals surface area contributed by atoms with Gasteiger partial charge in [0.2, 0.25) is 0 Å². The molecule has 1 aromatic carbocycles. The van der Waals surface area contributed by atoms with Crippen LogP contribution in [0.2, 0.25) is 0 Å². The summed E-state index contributed by atoms with van der Waals surface area (Å²) in [6.07, 6.45) is 0.713. The minimum Gasteiger partial charge on any atom is -0.481 e. The van der Waals surface area contributed by atoms with E-state index in [2.05, 4.69) is 18.3 Å². The van der Waals surface area contributed by atoms with Crippen LogP contribution in [0.4, 0.5) is 0 Å². The number of aliphatic carboxylic acids is 1. The van der Waals surface area contributed by atoms with Crippen molar-refractivity contribution in [2.75, 3.05) is 12.3 Å². The van der Waals surface area contributed by atoms with E-state index >= 15 is 0 Å². The Kier molecular flexibility index (Phi) is 4.07. The minimum atomic E-state index is -0.698. The molecule has 1 aromatic rings. The zero-order valence-corrected chi connectivity index (χ0v) is 10.7. The molecule has 0 radical (unpaired) electrons. The van der Waals surface area contributed by atoms with Gasteiger partial charge in [-0.15, -0.1) is 11.8 Å². The van der Waals surface area contributed by atoms with E-state index in [1.165, 1.54) is 4.90 Å². The number of rotatable bonds is 4. The molecule has 3 nitrogen and oxygen atoms in total. The van der Waals surface area contributed by atoms with Gasteiger partial charge in [0.25, 0.3) is 0 Å². The largest absolute Gasteiger partial charge is 0.481 e. The summed E-state index contributed by atoms with van der Waals surface area (Å²) >= 11 is 1.77. The van der Waals surface area contributed by atoms with E-state index in [4.69, 9.17) is 0 Å². The molecule has 0 aromatic heterocycles. The summed E-state index contributed by atoms with van der Waals surface area (Å²) in [5, 5.41) is 12.5. The average molecular weight is 251 g/mol. The molecule has 0 saturated carbocycles. The summed E-state index contributed by atoms with van der Waals surface area (Å²) < 4.78 is 0. The fraction of sp³-hybridized carbons (Fsp3) is 0.462.